The number of hydrogen-bond donors (Lipinski definition) is 1. The Kier molecular flexibility index (Phi) is 2.31. The smallest absolute Gasteiger partial charge is 0.105 e. The maximum atomic E-state index is 6.01. The monoisotopic (exact) mass is 356 g/mol. The highest BCUT2D eigenvalue weighted by Crippen LogP contribution is 2.29. The average Bonchev–Trinajstić information content (AvgIpc) is 2.31. The molecule has 0 fully saturated rings. The summed E-state index contributed by atoms with van der Waals surface area (Å²) in [5.74, 6) is 0. The van der Waals surface area contributed by atoms with E-state index in [4.69, 9.17) is 11.6 Å². The second-order valence-corrected chi connectivity index (χ2v) is 4.72. The number of rotatable bonds is 0. The number of aromatic nitrogens is 2. The van der Waals surface area contributed by atoms with Crippen molar-refractivity contribution in [3.63, 3.8) is 0 Å². The number of halogens is 3. The topological polar surface area (TPSA) is 28.7 Å². The Hall–Kier alpha value is 0.190. The fourth-order valence-corrected chi connectivity index (χ4v) is 2.76. The van der Waals surface area contributed by atoms with Crippen molar-refractivity contribution in [1.82, 2.24) is 10.2 Å². The molecule has 62 valence electrons. The molecule has 0 bridgehead atoms. The largest absolute Gasteiger partial charge is 0.271 e. The minimum absolute atomic E-state index is 0.720. The summed E-state index contributed by atoms with van der Waals surface area (Å²) in [7, 11) is 0. The van der Waals surface area contributed by atoms with Gasteiger partial charge in [-0.15, -0.1) is 0 Å². The molecule has 0 amide bonds. The second kappa shape index (κ2) is 3.16. The first kappa shape index (κ1) is 8.77. The first-order valence-corrected chi connectivity index (χ1v) is 5.42. The van der Waals surface area contributed by atoms with Gasteiger partial charge in [-0.05, 0) is 34.7 Å². The van der Waals surface area contributed by atoms with Gasteiger partial charge >= 0.3 is 0 Å². The van der Waals surface area contributed by atoms with Gasteiger partial charge in [0.15, 0.2) is 0 Å². The maximum absolute atomic E-state index is 6.01. The van der Waals surface area contributed by atoms with Crippen LogP contribution in [0.3, 0.4) is 0 Å². The van der Waals surface area contributed by atoms with Crippen LogP contribution in [0.15, 0.2) is 16.6 Å². The Labute approximate surface area is 95.9 Å². The van der Waals surface area contributed by atoms with E-state index in [0.717, 1.165) is 24.1 Å². The zero-order valence-electron chi connectivity index (χ0n) is 5.74. The molecular weight excluding hydrogens is 354 g/mol. The van der Waals surface area contributed by atoms with Gasteiger partial charge < -0.3 is 0 Å². The molecule has 0 saturated carbocycles. The van der Waals surface area contributed by atoms with E-state index < -0.39 is 0 Å². The molecular formula is C7H3BrClIN2. The van der Waals surface area contributed by atoms with Crippen LogP contribution >= 0.6 is 50.1 Å². The van der Waals surface area contributed by atoms with Gasteiger partial charge in [-0.1, -0.05) is 27.5 Å². The highest BCUT2D eigenvalue weighted by atomic mass is 127. The summed E-state index contributed by atoms with van der Waals surface area (Å²) in [5, 5.41) is 8.68. The molecule has 2 rings (SSSR count). The summed E-state index contributed by atoms with van der Waals surface area (Å²) in [6.07, 6.45) is 0. The lowest BCUT2D eigenvalue weighted by atomic mass is 10.3. The second-order valence-electron chi connectivity index (χ2n) is 2.32. The Morgan fingerprint density at radius 2 is 2.25 bits per heavy atom. The fourth-order valence-electron chi connectivity index (χ4n) is 1.03. The molecule has 0 aliphatic carbocycles. The van der Waals surface area contributed by atoms with Crippen molar-refractivity contribution in [2.45, 2.75) is 0 Å². The Balaban J connectivity index is 2.93. The number of fused-ring (bicyclic) bond motifs is 1. The molecule has 12 heavy (non-hydrogen) atoms. The van der Waals surface area contributed by atoms with E-state index in [1.54, 1.807) is 0 Å². The first-order valence-electron chi connectivity index (χ1n) is 3.17. The molecule has 1 N–H and O–H groups in total. The first-order chi connectivity index (χ1) is 5.68. The normalized spacial score (nSPS) is 10.9. The van der Waals surface area contributed by atoms with E-state index in [2.05, 4.69) is 48.7 Å². The van der Waals surface area contributed by atoms with E-state index in [-0.39, 0.29) is 0 Å². The van der Waals surface area contributed by atoms with Crippen LogP contribution in [-0.2, 0) is 0 Å². The molecule has 0 aliphatic heterocycles. The molecule has 2 nitrogen and oxygen atoms in total. The van der Waals surface area contributed by atoms with Gasteiger partial charge in [-0.3, -0.25) is 5.10 Å². The number of hydrogen-bond acceptors (Lipinski definition) is 1. The van der Waals surface area contributed by atoms with Gasteiger partial charge in [0.2, 0.25) is 0 Å². The third-order valence-corrected chi connectivity index (χ3v) is 3.06. The van der Waals surface area contributed by atoms with E-state index in [1.165, 1.54) is 0 Å². The summed E-state index contributed by atoms with van der Waals surface area (Å²) >= 11 is 11.5. The molecule has 0 spiro atoms. The number of nitrogens with zero attached hydrogens (tertiary/aromatic N) is 1. The van der Waals surface area contributed by atoms with Crippen LogP contribution in [0.25, 0.3) is 10.9 Å². The van der Waals surface area contributed by atoms with Gasteiger partial charge in [-0.25, -0.2) is 0 Å². The molecule has 0 unspecified atom stereocenters. The van der Waals surface area contributed by atoms with Crippen LogP contribution in [0.5, 0.6) is 0 Å². The van der Waals surface area contributed by atoms with Gasteiger partial charge in [0.1, 0.15) is 3.70 Å². The molecule has 1 aromatic heterocycles. The summed E-state index contributed by atoms with van der Waals surface area (Å²) in [5.41, 5.74) is 0.888. The summed E-state index contributed by atoms with van der Waals surface area (Å²) in [6, 6.07) is 3.79. The molecule has 1 aromatic carbocycles. The lowest BCUT2D eigenvalue weighted by molar-refractivity contribution is 1.09. The lowest BCUT2D eigenvalue weighted by Gasteiger charge is -1.94. The molecule has 0 radical (unpaired) electrons. The summed E-state index contributed by atoms with van der Waals surface area (Å²) in [4.78, 5) is 0. The Morgan fingerprint density at radius 1 is 1.50 bits per heavy atom. The zero-order valence-corrected chi connectivity index (χ0v) is 10.2. The molecule has 5 heteroatoms. The highest BCUT2D eigenvalue weighted by Gasteiger charge is 2.07. The van der Waals surface area contributed by atoms with E-state index in [1.807, 2.05) is 12.1 Å². The average molecular weight is 357 g/mol. The molecule has 0 saturated heterocycles. The lowest BCUT2D eigenvalue weighted by Crippen LogP contribution is -1.72. The number of benzene rings is 1. The predicted octanol–water partition coefficient (Wildman–Crippen LogP) is 3.58. The van der Waals surface area contributed by atoms with E-state index in [9.17, 15) is 0 Å². The summed E-state index contributed by atoms with van der Waals surface area (Å²) < 4.78 is 1.92. The van der Waals surface area contributed by atoms with E-state index >= 15 is 0 Å². The fraction of sp³-hybridized carbons (Fsp3) is 0. The number of aromatic amines is 1. The van der Waals surface area contributed by atoms with Crippen LogP contribution in [0.1, 0.15) is 0 Å². The van der Waals surface area contributed by atoms with Crippen molar-refractivity contribution in [2.75, 3.05) is 0 Å². The van der Waals surface area contributed by atoms with Crippen molar-refractivity contribution in [1.29, 1.82) is 0 Å². The Morgan fingerprint density at radius 3 is 3.00 bits per heavy atom. The van der Waals surface area contributed by atoms with Gasteiger partial charge in [0.05, 0.1) is 15.9 Å². The zero-order chi connectivity index (χ0) is 8.72. The van der Waals surface area contributed by atoms with E-state index in [0.29, 0.717) is 0 Å². The predicted molar refractivity (Wildman–Crippen MR) is 61.5 cm³/mol. The highest BCUT2D eigenvalue weighted by molar-refractivity contribution is 14.1. The van der Waals surface area contributed by atoms with Gasteiger partial charge in [0.25, 0.3) is 0 Å². The van der Waals surface area contributed by atoms with Crippen LogP contribution in [0.4, 0.5) is 0 Å². The molecule has 1 heterocycles. The minimum atomic E-state index is 0.720. The van der Waals surface area contributed by atoms with Crippen LogP contribution < -0.4 is 0 Å². The minimum Gasteiger partial charge on any atom is -0.271 e. The van der Waals surface area contributed by atoms with Gasteiger partial charge in [0, 0.05) is 4.47 Å². The van der Waals surface area contributed by atoms with Crippen LogP contribution in [0, 0.1) is 3.70 Å². The Bertz CT molecular complexity index is 440. The van der Waals surface area contributed by atoms with Crippen molar-refractivity contribution in [2.24, 2.45) is 0 Å². The third kappa shape index (κ3) is 1.36. The van der Waals surface area contributed by atoms with Crippen LogP contribution in [-0.4, -0.2) is 10.2 Å². The maximum Gasteiger partial charge on any atom is 0.105 e. The molecule has 0 atom stereocenters. The molecule has 2 aromatic rings. The summed E-state index contributed by atoms with van der Waals surface area (Å²) in [6.45, 7) is 0. The number of H-pyrrole nitrogens is 1. The van der Waals surface area contributed by atoms with Crippen molar-refractivity contribution in [3.05, 3.63) is 25.3 Å². The van der Waals surface area contributed by atoms with Crippen molar-refractivity contribution >= 4 is 61.0 Å². The van der Waals surface area contributed by atoms with Gasteiger partial charge in [-0.2, -0.15) is 5.10 Å². The third-order valence-electron chi connectivity index (χ3n) is 1.53. The standard InChI is InChI=1S/C7H3BrClIN2/c8-3-1-4(9)6-5(2-3)11-12-7(6)10/h1-2H,(H,11,12). The quantitative estimate of drug-likeness (QED) is 0.718. The van der Waals surface area contributed by atoms with Crippen molar-refractivity contribution < 1.29 is 0 Å². The number of nitrogens with one attached hydrogen (secondary N) is 1. The van der Waals surface area contributed by atoms with Crippen LogP contribution in [0.2, 0.25) is 5.02 Å². The van der Waals surface area contributed by atoms with Crippen molar-refractivity contribution in [3.8, 4) is 0 Å². The molecule has 0 aliphatic rings. The SMILES string of the molecule is Clc1cc(Br)cc2n[nH]c(I)c12.